The minimum absolute atomic E-state index is 0. The van der Waals surface area contributed by atoms with Crippen LogP contribution < -0.4 is 24.4 Å². The molecule has 10 nitrogen and oxygen atoms in total. The van der Waals surface area contributed by atoms with Gasteiger partial charge in [0.05, 0.1) is 23.8 Å². The van der Waals surface area contributed by atoms with Crippen LogP contribution in [0.25, 0.3) is 10.2 Å². The number of anilines is 2. The van der Waals surface area contributed by atoms with Crippen molar-refractivity contribution >= 4 is 60.7 Å². The Balaban J connectivity index is 0.00000405. The fourth-order valence-electron chi connectivity index (χ4n) is 4.65. The minimum atomic E-state index is -3.76. The quantitative estimate of drug-likeness (QED) is 0.265. The topological polar surface area (TPSA) is 113 Å². The lowest BCUT2D eigenvalue weighted by Crippen LogP contribution is -2.48. The number of thiazole rings is 1. The van der Waals surface area contributed by atoms with Crippen LogP contribution in [0.5, 0.6) is 11.5 Å². The molecule has 1 aliphatic rings. The Labute approximate surface area is 256 Å². The van der Waals surface area contributed by atoms with Crippen molar-refractivity contribution in [1.29, 1.82) is 0 Å². The highest BCUT2D eigenvalue weighted by atomic mass is 35.5. The highest BCUT2D eigenvalue weighted by Crippen LogP contribution is 2.36. The molecule has 0 radical (unpaired) electrons. The van der Waals surface area contributed by atoms with Crippen molar-refractivity contribution < 1.29 is 22.7 Å². The molecule has 3 aromatic carbocycles. The predicted molar refractivity (Wildman–Crippen MR) is 169 cm³/mol. The first-order valence-electron chi connectivity index (χ1n) is 13.2. The molecule has 5 rings (SSSR count). The zero-order chi connectivity index (χ0) is 29.0. The van der Waals surface area contributed by atoms with E-state index in [1.807, 2.05) is 6.07 Å². The van der Waals surface area contributed by atoms with Crippen LogP contribution in [0.1, 0.15) is 15.9 Å². The summed E-state index contributed by atoms with van der Waals surface area (Å²) in [5.74, 6) is 1.17. The van der Waals surface area contributed by atoms with Gasteiger partial charge in [0.2, 0.25) is 0 Å². The number of rotatable bonds is 10. The molecule has 1 fully saturated rings. The fraction of sp³-hybridized carbons (Fsp3) is 0.310. The van der Waals surface area contributed by atoms with E-state index in [0.29, 0.717) is 23.5 Å². The Bertz CT molecular complexity index is 1620. The van der Waals surface area contributed by atoms with E-state index in [0.717, 1.165) is 53.8 Å². The number of nitrogens with zero attached hydrogens (tertiary/aromatic N) is 3. The lowest BCUT2D eigenvalue weighted by Gasteiger charge is -2.34. The molecule has 2 N–H and O–H groups in total. The Morgan fingerprint density at radius 1 is 0.952 bits per heavy atom. The van der Waals surface area contributed by atoms with Crippen LogP contribution in [0.2, 0.25) is 0 Å². The minimum Gasteiger partial charge on any atom is -0.497 e. The normalized spacial score (nSPS) is 13.8. The van der Waals surface area contributed by atoms with Crippen molar-refractivity contribution in [3.8, 4) is 11.5 Å². The summed E-state index contributed by atoms with van der Waals surface area (Å²) in [7, 11) is -0.566. The van der Waals surface area contributed by atoms with E-state index < -0.39 is 10.0 Å². The first kappa shape index (κ1) is 31.4. The molecule has 0 bridgehead atoms. The van der Waals surface area contributed by atoms with Crippen molar-refractivity contribution in [2.24, 2.45) is 0 Å². The number of aryl methyl sites for hydroxylation is 1. The summed E-state index contributed by atoms with van der Waals surface area (Å²) in [5.41, 5.74) is 2.95. The number of nitrogens with one attached hydrogen (secondary N) is 2. The van der Waals surface area contributed by atoms with E-state index in [9.17, 15) is 13.2 Å². The number of methoxy groups -OCH3 is 2. The van der Waals surface area contributed by atoms with Gasteiger partial charge < -0.3 is 19.7 Å². The lowest BCUT2D eigenvalue weighted by atomic mass is 10.2. The molecule has 0 atom stereocenters. The average molecular weight is 632 g/mol. The first-order chi connectivity index (χ1) is 19.8. The van der Waals surface area contributed by atoms with Gasteiger partial charge in [-0.25, -0.2) is 13.4 Å². The number of piperazine rings is 1. The zero-order valence-corrected chi connectivity index (χ0v) is 26.1. The maximum absolute atomic E-state index is 12.7. The fourth-order valence-corrected chi connectivity index (χ4v) is 6.81. The molecular weight excluding hydrogens is 598 g/mol. The van der Waals surface area contributed by atoms with Crippen molar-refractivity contribution in [2.75, 3.05) is 63.1 Å². The third-order valence-electron chi connectivity index (χ3n) is 7.04. The maximum atomic E-state index is 12.7. The molecule has 0 aliphatic carbocycles. The van der Waals surface area contributed by atoms with E-state index in [-0.39, 0.29) is 23.2 Å². The summed E-state index contributed by atoms with van der Waals surface area (Å²) in [4.78, 5) is 22.3. The number of ether oxygens (including phenoxy) is 2. The van der Waals surface area contributed by atoms with Crippen LogP contribution >= 0.6 is 23.7 Å². The van der Waals surface area contributed by atoms with Gasteiger partial charge in [-0.15, -0.1) is 12.4 Å². The van der Waals surface area contributed by atoms with Crippen LogP contribution in [0.4, 0.5) is 10.8 Å². The number of hydrogen-bond acceptors (Lipinski definition) is 9. The Hall–Kier alpha value is -3.58. The molecule has 224 valence electrons. The van der Waals surface area contributed by atoms with E-state index in [1.165, 1.54) is 24.8 Å². The molecule has 0 unspecified atom stereocenters. The Morgan fingerprint density at radius 3 is 2.29 bits per heavy atom. The summed E-state index contributed by atoms with van der Waals surface area (Å²) in [6, 6.07) is 16.5. The van der Waals surface area contributed by atoms with Crippen LogP contribution in [-0.2, 0) is 10.0 Å². The lowest BCUT2D eigenvalue weighted by molar-refractivity contribution is 0.0948. The SMILES string of the molecule is COc1ccc(S(=O)(=O)Nc2ccc(C(=O)NCCN3CCN(c4nc5c(OC)ccc(C)c5s4)CC3)cc2)cc1.Cl. The van der Waals surface area contributed by atoms with Gasteiger partial charge in [-0.3, -0.25) is 14.4 Å². The second-order valence-electron chi connectivity index (χ2n) is 9.70. The average Bonchev–Trinajstić information content (AvgIpc) is 3.44. The number of halogens is 1. The highest BCUT2D eigenvalue weighted by Gasteiger charge is 2.21. The summed E-state index contributed by atoms with van der Waals surface area (Å²) in [6.07, 6.45) is 0. The zero-order valence-electron chi connectivity index (χ0n) is 23.6. The Morgan fingerprint density at radius 2 is 1.64 bits per heavy atom. The second kappa shape index (κ2) is 13.6. The molecule has 1 amide bonds. The summed E-state index contributed by atoms with van der Waals surface area (Å²) in [6.45, 7) is 6.84. The molecule has 2 heterocycles. The predicted octanol–water partition coefficient (Wildman–Crippen LogP) is 4.40. The van der Waals surface area contributed by atoms with Crippen LogP contribution in [-0.4, -0.2) is 77.7 Å². The van der Waals surface area contributed by atoms with Crippen molar-refractivity contribution in [2.45, 2.75) is 11.8 Å². The third kappa shape index (κ3) is 7.06. The monoisotopic (exact) mass is 631 g/mol. The molecule has 1 aliphatic heterocycles. The largest absolute Gasteiger partial charge is 0.497 e. The number of hydrogen-bond donors (Lipinski definition) is 2. The summed E-state index contributed by atoms with van der Waals surface area (Å²) < 4.78 is 39.6. The van der Waals surface area contributed by atoms with E-state index >= 15 is 0 Å². The van der Waals surface area contributed by atoms with Gasteiger partial charge in [-0.1, -0.05) is 17.4 Å². The standard InChI is InChI=1S/C29H33N5O5S2.ClH/c1-20-4-13-25(39-3)26-27(20)40-29(31-26)34-18-16-33(17-19-34)15-14-30-28(35)21-5-7-22(8-6-21)32-41(36,37)24-11-9-23(38-2)10-12-24;/h4-13,32H,14-19H2,1-3H3,(H,30,35);1H. The highest BCUT2D eigenvalue weighted by molar-refractivity contribution is 7.92. The van der Waals surface area contributed by atoms with Crippen molar-refractivity contribution in [3.05, 3.63) is 71.8 Å². The number of aromatic nitrogens is 1. The molecular formula is C29H34ClN5O5S2. The first-order valence-corrected chi connectivity index (χ1v) is 15.5. The number of sulfonamides is 1. The van der Waals surface area contributed by atoms with E-state index in [1.54, 1.807) is 54.8 Å². The van der Waals surface area contributed by atoms with Gasteiger partial charge in [-0.05, 0) is 67.1 Å². The van der Waals surface area contributed by atoms with Gasteiger partial charge in [0.25, 0.3) is 15.9 Å². The molecule has 1 aromatic heterocycles. The van der Waals surface area contributed by atoms with Crippen LogP contribution in [0, 0.1) is 6.92 Å². The van der Waals surface area contributed by atoms with Gasteiger partial charge in [0.15, 0.2) is 5.13 Å². The second-order valence-corrected chi connectivity index (χ2v) is 12.4. The smallest absolute Gasteiger partial charge is 0.261 e. The number of amides is 1. The molecule has 0 saturated carbocycles. The molecule has 1 saturated heterocycles. The molecule has 42 heavy (non-hydrogen) atoms. The number of carbonyl (C=O) groups is 1. The number of benzene rings is 3. The van der Waals surface area contributed by atoms with E-state index in [4.69, 9.17) is 14.5 Å². The van der Waals surface area contributed by atoms with Crippen LogP contribution in [0.3, 0.4) is 0 Å². The molecule has 0 spiro atoms. The van der Waals surface area contributed by atoms with Crippen molar-refractivity contribution in [3.63, 3.8) is 0 Å². The summed E-state index contributed by atoms with van der Waals surface area (Å²) >= 11 is 1.70. The van der Waals surface area contributed by atoms with Crippen LogP contribution in [0.15, 0.2) is 65.6 Å². The summed E-state index contributed by atoms with van der Waals surface area (Å²) in [5, 5.41) is 3.97. The third-order valence-corrected chi connectivity index (χ3v) is 9.69. The van der Waals surface area contributed by atoms with Gasteiger partial charge in [-0.2, -0.15) is 0 Å². The number of fused-ring (bicyclic) bond motifs is 1. The Kier molecular flexibility index (Phi) is 10.2. The van der Waals surface area contributed by atoms with Gasteiger partial charge in [0, 0.05) is 50.5 Å². The van der Waals surface area contributed by atoms with Gasteiger partial charge in [0.1, 0.15) is 17.0 Å². The van der Waals surface area contributed by atoms with E-state index in [2.05, 4.69) is 32.8 Å². The number of carbonyl (C=O) groups excluding carboxylic acids is 1. The molecule has 13 heteroatoms. The van der Waals surface area contributed by atoms with Crippen molar-refractivity contribution in [1.82, 2.24) is 15.2 Å². The van der Waals surface area contributed by atoms with Gasteiger partial charge >= 0.3 is 0 Å². The molecule has 4 aromatic rings. The maximum Gasteiger partial charge on any atom is 0.261 e.